The van der Waals surface area contributed by atoms with Crippen LogP contribution >= 0.6 is 0 Å². The molecule has 2 aromatic rings. The average Bonchev–Trinajstić information content (AvgIpc) is 3.28. The van der Waals surface area contributed by atoms with Gasteiger partial charge in [-0.15, -0.1) is 0 Å². The van der Waals surface area contributed by atoms with Gasteiger partial charge in [0.1, 0.15) is 12.1 Å². The lowest BCUT2D eigenvalue weighted by Crippen LogP contribution is -2.53. The number of rotatable bonds is 6. The van der Waals surface area contributed by atoms with E-state index in [1.165, 1.54) is 4.90 Å². The van der Waals surface area contributed by atoms with Crippen LogP contribution in [0.2, 0.25) is 0 Å². The quantitative estimate of drug-likeness (QED) is 0.591. The van der Waals surface area contributed by atoms with Gasteiger partial charge in [-0.3, -0.25) is 9.59 Å². The minimum atomic E-state index is -1.02. The van der Waals surface area contributed by atoms with Gasteiger partial charge in [0.05, 0.1) is 6.04 Å². The highest BCUT2D eigenvalue weighted by molar-refractivity contribution is 5.92. The summed E-state index contributed by atoms with van der Waals surface area (Å²) in [5, 5.41) is 12.8. The van der Waals surface area contributed by atoms with Gasteiger partial charge in [0.2, 0.25) is 11.8 Å². The van der Waals surface area contributed by atoms with Crippen LogP contribution in [0.1, 0.15) is 25.3 Å². The first-order chi connectivity index (χ1) is 12.9. The molecule has 8 heteroatoms. The summed E-state index contributed by atoms with van der Waals surface area (Å²) in [6.07, 6.45) is 3.23. The van der Waals surface area contributed by atoms with Crippen molar-refractivity contribution in [2.24, 2.45) is 5.73 Å². The lowest BCUT2D eigenvalue weighted by atomic mass is 10.0. The number of amides is 2. The Balaban J connectivity index is 1.60. The van der Waals surface area contributed by atoms with Crippen LogP contribution in [0.15, 0.2) is 30.5 Å². The number of nitrogens with one attached hydrogen (secondary N) is 2. The van der Waals surface area contributed by atoms with Crippen LogP contribution in [0.4, 0.5) is 0 Å². The second-order valence-corrected chi connectivity index (χ2v) is 6.93. The minimum absolute atomic E-state index is 0.332. The van der Waals surface area contributed by atoms with E-state index in [0.717, 1.165) is 16.5 Å². The molecule has 27 heavy (non-hydrogen) atoms. The van der Waals surface area contributed by atoms with Crippen molar-refractivity contribution in [2.45, 2.75) is 44.3 Å². The van der Waals surface area contributed by atoms with Crippen molar-refractivity contribution < 1.29 is 19.5 Å². The van der Waals surface area contributed by atoms with E-state index in [4.69, 9.17) is 5.73 Å². The highest BCUT2D eigenvalue weighted by atomic mass is 16.4. The third-order valence-corrected chi connectivity index (χ3v) is 5.00. The van der Waals surface area contributed by atoms with Gasteiger partial charge in [-0.05, 0) is 37.8 Å². The van der Waals surface area contributed by atoms with E-state index in [0.29, 0.717) is 25.8 Å². The fourth-order valence-corrected chi connectivity index (χ4v) is 3.55. The number of carboxylic acid groups (broad SMARTS) is 1. The van der Waals surface area contributed by atoms with Crippen molar-refractivity contribution in [1.29, 1.82) is 0 Å². The summed E-state index contributed by atoms with van der Waals surface area (Å²) in [6.45, 7) is 1.94. The Kier molecular flexibility index (Phi) is 5.46. The van der Waals surface area contributed by atoms with Gasteiger partial charge in [0.25, 0.3) is 0 Å². The van der Waals surface area contributed by atoms with E-state index >= 15 is 0 Å². The number of benzene rings is 1. The molecule has 8 nitrogen and oxygen atoms in total. The van der Waals surface area contributed by atoms with Crippen molar-refractivity contribution in [3.8, 4) is 0 Å². The fourth-order valence-electron chi connectivity index (χ4n) is 3.55. The van der Waals surface area contributed by atoms with Crippen molar-refractivity contribution in [2.75, 3.05) is 6.54 Å². The molecule has 0 bridgehead atoms. The fraction of sp³-hybridized carbons (Fsp3) is 0.421. The lowest BCUT2D eigenvalue weighted by Gasteiger charge is -2.26. The first-order valence-corrected chi connectivity index (χ1v) is 9.02. The maximum Gasteiger partial charge on any atom is 0.326 e. The number of carbonyl (C=O) groups is 3. The largest absolute Gasteiger partial charge is 0.480 e. The second-order valence-electron chi connectivity index (χ2n) is 6.93. The predicted octanol–water partition coefficient (Wildman–Crippen LogP) is 0.618. The highest BCUT2D eigenvalue weighted by Gasteiger charge is 2.36. The molecule has 3 rings (SSSR count). The Morgan fingerprint density at radius 2 is 2.11 bits per heavy atom. The van der Waals surface area contributed by atoms with Gasteiger partial charge in [-0.25, -0.2) is 4.79 Å². The number of carboxylic acids is 1. The number of hydrogen-bond donors (Lipinski definition) is 4. The number of aromatic amines is 1. The van der Waals surface area contributed by atoms with Crippen LogP contribution in [-0.4, -0.2) is 57.4 Å². The van der Waals surface area contributed by atoms with Crippen LogP contribution < -0.4 is 11.1 Å². The molecule has 1 saturated heterocycles. The number of aromatic nitrogens is 1. The number of H-pyrrole nitrogens is 1. The third-order valence-electron chi connectivity index (χ3n) is 5.00. The van der Waals surface area contributed by atoms with Gasteiger partial charge in [-0.1, -0.05) is 18.2 Å². The van der Waals surface area contributed by atoms with Gasteiger partial charge in [0.15, 0.2) is 0 Å². The van der Waals surface area contributed by atoms with E-state index in [2.05, 4.69) is 10.3 Å². The number of fused-ring (bicyclic) bond motifs is 1. The zero-order valence-corrected chi connectivity index (χ0v) is 15.1. The number of carbonyl (C=O) groups excluding carboxylic acids is 2. The number of nitrogens with two attached hydrogens (primary N) is 1. The molecule has 1 aliphatic rings. The number of aliphatic carboxylic acids is 1. The van der Waals surface area contributed by atoms with Crippen molar-refractivity contribution >= 4 is 28.7 Å². The van der Waals surface area contributed by atoms with Crippen molar-refractivity contribution in [3.05, 3.63) is 36.0 Å². The first-order valence-electron chi connectivity index (χ1n) is 9.02. The average molecular weight is 372 g/mol. The molecule has 144 valence electrons. The Morgan fingerprint density at radius 3 is 2.85 bits per heavy atom. The molecule has 0 spiro atoms. The van der Waals surface area contributed by atoms with E-state index in [1.807, 2.05) is 30.5 Å². The summed E-state index contributed by atoms with van der Waals surface area (Å²) >= 11 is 0. The maximum atomic E-state index is 12.5. The number of hydrogen-bond acceptors (Lipinski definition) is 4. The Labute approximate surface area is 156 Å². The number of para-hydroxylation sites is 1. The molecule has 0 radical (unpaired) electrons. The molecule has 5 N–H and O–H groups in total. The topological polar surface area (TPSA) is 129 Å². The molecule has 3 atom stereocenters. The Hall–Kier alpha value is -2.87. The minimum Gasteiger partial charge on any atom is -0.480 e. The van der Waals surface area contributed by atoms with Crippen LogP contribution in [0.3, 0.4) is 0 Å². The zero-order valence-electron chi connectivity index (χ0n) is 15.1. The van der Waals surface area contributed by atoms with Crippen LogP contribution in [0, 0.1) is 0 Å². The van der Waals surface area contributed by atoms with E-state index in [1.54, 1.807) is 6.92 Å². The SMILES string of the molecule is CC(NC(=O)C(N)Cc1c[nH]c2ccccc12)C(=O)N1CCCC1C(=O)O. The standard InChI is InChI=1S/C19H24N4O4/c1-11(18(25)23-8-4-7-16(23)19(26)27)22-17(24)14(20)9-12-10-21-15-6-3-2-5-13(12)15/h2-3,5-6,10-11,14,16,21H,4,7-9,20H2,1H3,(H,22,24)(H,26,27). The molecule has 2 heterocycles. The molecule has 1 aliphatic heterocycles. The summed E-state index contributed by atoms with van der Waals surface area (Å²) in [7, 11) is 0. The van der Waals surface area contributed by atoms with Crippen molar-refractivity contribution in [1.82, 2.24) is 15.2 Å². The third kappa shape index (κ3) is 3.95. The molecule has 3 unspecified atom stereocenters. The molecule has 1 aromatic heterocycles. The van der Waals surface area contributed by atoms with Gasteiger partial charge >= 0.3 is 5.97 Å². The molecule has 2 amide bonds. The summed E-state index contributed by atoms with van der Waals surface area (Å²) in [5.74, 6) is -1.85. The first kappa shape index (κ1) is 18.9. The molecular formula is C19H24N4O4. The second kappa shape index (κ2) is 7.79. The lowest BCUT2D eigenvalue weighted by molar-refractivity contribution is -0.149. The number of likely N-dealkylation sites (tertiary alicyclic amines) is 1. The van der Waals surface area contributed by atoms with Crippen molar-refractivity contribution in [3.63, 3.8) is 0 Å². The van der Waals surface area contributed by atoms with Gasteiger partial charge < -0.3 is 26.0 Å². The van der Waals surface area contributed by atoms with Gasteiger partial charge in [0, 0.05) is 23.6 Å². The van der Waals surface area contributed by atoms with E-state index < -0.39 is 35.9 Å². The molecular weight excluding hydrogens is 348 g/mol. The molecule has 0 aliphatic carbocycles. The summed E-state index contributed by atoms with van der Waals surface area (Å²) in [5.41, 5.74) is 7.93. The monoisotopic (exact) mass is 372 g/mol. The van der Waals surface area contributed by atoms with Crippen LogP contribution in [0.25, 0.3) is 10.9 Å². The van der Waals surface area contributed by atoms with Gasteiger partial charge in [-0.2, -0.15) is 0 Å². The molecule has 0 saturated carbocycles. The normalized spacial score (nSPS) is 19.0. The Bertz CT molecular complexity index is 862. The molecule has 1 aromatic carbocycles. The Morgan fingerprint density at radius 1 is 1.37 bits per heavy atom. The summed E-state index contributed by atoms with van der Waals surface area (Å²) in [4.78, 5) is 40.6. The molecule has 1 fully saturated rings. The predicted molar refractivity (Wildman–Crippen MR) is 100.0 cm³/mol. The zero-order chi connectivity index (χ0) is 19.6. The maximum absolute atomic E-state index is 12.5. The smallest absolute Gasteiger partial charge is 0.326 e. The summed E-state index contributed by atoms with van der Waals surface area (Å²) in [6, 6.07) is 5.28. The van der Waals surface area contributed by atoms with Crippen LogP contribution in [0.5, 0.6) is 0 Å². The summed E-state index contributed by atoms with van der Waals surface area (Å²) < 4.78 is 0. The van der Waals surface area contributed by atoms with Crippen LogP contribution in [-0.2, 0) is 20.8 Å². The number of nitrogens with zero attached hydrogens (tertiary/aromatic N) is 1. The highest BCUT2D eigenvalue weighted by Crippen LogP contribution is 2.20. The van der Waals surface area contributed by atoms with E-state index in [-0.39, 0.29) is 0 Å². The van der Waals surface area contributed by atoms with E-state index in [9.17, 15) is 19.5 Å².